The van der Waals surface area contributed by atoms with Crippen LogP contribution in [0.15, 0.2) is 48.5 Å². The summed E-state index contributed by atoms with van der Waals surface area (Å²) >= 11 is 6.03. The smallest absolute Gasteiger partial charge is 0.422 e. The molecule has 3 aromatic rings. The number of alkyl halides is 3. The van der Waals surface area contributed by atoms with Gasteiger partial charge in [-0.25, -0.2) is 0 Å². The second kappa shape index (κ2) is 16.1. The van der Waals surface area contributed by atoms with Crippen molar-refractivity contribution in [1.29, 1.82) is 0 Å². The van der Waals surface area contributed by atoms with Crippen LogP contribution in [-0.2, 0) is 15.1 Å². The van der Waals surface area contributed by atoms with E-state index in [4.69, 9.17) is 16.3 Å². The summed E-state index contributed by atoms with van der Waals surface area (Å²) in [7, 11) is 0. The molecular formula is C35H42ClF3N8O4. The molecule has 51 heavy (non-hydrogen) atoms. The molecule has 0 spiro atoms. The van der Waals surface area contributed by atoms with Crippen LogP contribution < -0.4 is 31.3 Å². The van der Waals surface area contributed by atoms with E-state index in [1.54, 1.807) is 36.4 Å². The molecule has 0 bridgehead atoms. The van der Waals surface area contributed by atoms with Crippen molar-refractivity contribution in [2.45, 2.75) is 83.0 Å². The van der Waals surface area contributed by atoms with Gasteiger partial charge in [-0.2, -0.15) is 28.1 Å². The van der Waals surface area contributed by atoms with Crippen LogP contribution in [0.5, 0.6) is 6.01 Å². The zero-order valence-electron chi connectivity index (χ0n) is 28.5. The van der Waals surface area contributed by atoms with Crippen LogP contribution in [0.1, 0.15) is 81.1 Å². The summed E-state index contributed by atoms with van der Waals surface area (Å²) in [6.07, 6.45) is 2.98. The highest BCUT2D eigenvalue weighted by Crippen LogP contribution is 2.48. The number of carbonyl (C=O) groups is 3. The minimum Gasteiger partial charge on any atom is -0.454 e. The molecule has 12 nitrogen and oxygen atoms in total. The maximum Gasteiger partial charge on any atom is 0.422 e. The number of halogens is 4. The fourth-order valence-corrected chi connectivity index (χ4v) is 5.79. The van der Waals surface area contributed by atoms with Crippen LogP contribution in [0.4, 0.5) is 30.8 Å². The molecule has 0 unspecified atom stereocenters. The quantitative estimate of drug-likeness (QED) is 0.105. The van der Waals surface area contributed by atoms with Gasteiger partial charge in [0.15, 0.2) is 6.61 Å². The first-order valence-corrected chi connectivity index (χ1v) is 17.3. The summed E-state index contributed by atoms with van der Waals surface area (Å²) in [5, 5.41) is 15.1. The summed E-state index contributed by atoms with van der Waals surface area (Å²) in [6.45, 7) is 2.52. The number of hydrogen-bond acceptors (Lipinski definition) is 9. The Bertz CT molecular complexity index is 1680. The molecule has 0 radical (unpaired) electrons. The molecule has 5 N–H and O–H groups in total. The average Bonchev–Trinajstić information content (AvgIpc) is 3.90. The van der Waals surface area contributed by atoms with E-state index in [-0.39, 0.29) is 36.9 Å². The second-order valence-corrected chi connectivity index (χ2v) is 14.2. The Labute approximate surface area is 299 Å². The lowest BCUT2D eigenvalue weighted by molar-refractivity contribution is -0.154. The van der Waals surface area contributed by atoms with Crippen molar-refractivity contribution >= 4 is 46.9 Å². The molecule has 2 aromatic carbocycles. The van der Waals surface area contributed by atoms with Gasteiger partial charge in [0, 0.05) is 35.4 Å². The number of anilines is 3. The van der Waals surface area contributed by atoms with Gasteiger partial charge in [-0.1, -0.05) is 63.3 Å². The van der Waals surface area contributed by atoms with Gasteiger partial charge in [0.25, 0.3) is 5.91 Å². The predicted molar refractivity (Wildman–Crippen MR) is 186 cm³/mol. The van der Waals surface area contributed by atoms with Crippen LogP contribution >= 0.6 is 11.6 Å². The maximum atomic E-state index is 12.9. The number of ether oxygens (including phenoxy) is 1. The minimum atomic E-state index is -4.60. The third-order valence-electron chi connectivity index (χ3n) is 8.73. The standard InChI is InChI=1S/C35H42ClF3N8O4/c1-33(2,20-41-28(49)29(50)42-25-7-5-3-4-6-8-25)19-40-27(48)22-9-15-26(16-10-22)43-30-44-31(46-32(45-30)51-21-35(37,38)39)47-34(17-18-34)23-11-13-24(36)14-12-23/h9-16,25H,3-8,17-21H2,1-2H3,(H,40,48)(H,41,49)(H,42,50)(H2,43,44,45,46,47). The molecule has 0 aliphatic heterocycles. The summed E-state index contributed by atoms with van der Waals surface area (Å²) in [6, 6.07) is 13.0. The van der Waals surface area contributed by atoms with Crippen LogP contribution in [0.25, 0.3) is 0 Å². The number of nitrogens with one attached hydrogen (secondary N) is 5. The van der Waals surface area contributed by atoms with Crippen LogP contribution in [-0.4, -0.2) is 64.6 Å². The van der Waals surface area contributed by atoms with E-state index in [1.807, 2.05) is 26.0 Å². The normalized spacial score (nSPS) is 16.0. The number of nitrogens with zero attached hydrogens (tertiary/aromatic N) is 3. The van der Waals surface area contributed by atoms with Crippen molar-refractivity contribution in [2.24, 2.45) is 5.41 Å². The molecule has 1 aromatic heterocycles. The maximum absolute atomic E-state index is 12.9. The average molecular weight is 731 g/mol. The van der Waals surface area contributed by atoms with Crippen molar-refractivity contribution in [3.8, 4) is 6.01 Å². The Balaban J connectivity index is 1.16. The second-order valence-electron chi connectivity index (χ2n) is 13.8. The summed E-state index contributed by atoms with van der Waals surface area (Å²) in [5.41, 5.74) is 0.651. The summed E-state index contributed by atoms with van der Waals surface area (Å²) < 4.78 is 43.6. The lowest BCUT2D eigenvalue weighted by Crippen LogP contribution is -2.48. The van der Waals surface area contributed by atoms with Crippen molar-refractivity contribution < 1.29 is 32.3 Å². The number of carbonyl (C=O) groups excluding carboxylic acids is 3. The Kier molecular flexibility index (Phi) is 11.9. The monoisotopic (exact) mass is 730 g/mol. The Morgan fingerprint density at radius 1 is 0.843 bits per heavy atom. The zero-order chi connectivity index (χ0) is 36.6. The largest absolute Gasteiger partial charge is 0.454 e. The summed E-state index contributed by atoms with van der Waals surface area (Å²) in [5.74, 6) is -1.75. The van der Waals surface area contributed by atoms with Gasteiger partial charge in [0.2, 0.25) is 11.9 Å². The van der Waals surface area contributed by atoms with Crippen molar-refractivity contribution in [2.75, 3.05) is 30.3 Å². The highest BCUT2D eigenvalue weighted by atomic mass is 35.5. The Morgan fingerprint density at radius 3 is 2.10 bits per heavy atom. The topological polar surface area (TPSA) is 159 Å². The number of amides is 3. The number of hydrogen-bond donors (Lipinski definition) is 5. The molecule has 1 heterocycles. The van der Waals surface area contributed by atoms with Gasteiger partial charge in [0.05, 0.1) is 5.54 Å². The van der Waals surface area contributed by atoms with Crippen LogP contribution in [0.3, 0.4) is 0 Å². The molecular weight excluding hydrogens is 689 g/mol. The molecule has 0 atom stereocenters. The van der Waals surface area contributed by atoms with Crippen LogP contribution in [0.2, 0.25) is 5.02 Å². The molecule has 274 valence electrons. The van der Waals surface area contributed by atoms with Gasteiger partial charge in [-0.05, 0) is 73.1 Å². The molecule has 2 aliphatic rings. The van der Waals surface area contributed by atoms with E-state index in [2.05, 4.69) is 41.5 Å². The minimum absolute atomic E-state index is 0.0155. The molecule has 5 rings (SSSR count). The third-order valence-corrected chi connectivity index (χ3v) is 8.98. The van der Waals surface area contributed by atoms with Gasteiger partial charge < -0.3 is 31.3 Å². The van der Waals surface area contributed by atoms with Crippen molar-refractivity contribution in [3.05, 3.63) is 64.7 Å². The van der Waals surface area contributed by atoms with Crippen LogP contribution in [0, 0.1) is 5.41 Å². The first-order valence-electron chi connectivity index (χ1n) is 16.9. The summed E-state index contributed by atoms with van der Waals surface area (Å²) in [4.78, 5) is 50.2. The van der Waals surface area contributed by atoms with Gasteiger partial charge in [-0.3, -0.25) is 14.4 Å². The van der Waals surface area contributed by atoms with E-state index < -0.39 is 41.6 Å². The van der Waals surface area contributed by atoms with Crippen molar-refractivity contribution in [3.63, 3.8) is 0 Å². The zero-order valence-corrected chi connectivity index (χ0v) is 29.2. The first-order chi connectivity index (χ1) is 24.2. The lowest BCUT2D eigenvalue weighted by atomic mass is 9.93. The number of rotatable bonds is 13. The Hall–Kier alpha value is -4.66. The van der Waals surface area contributed by atoms with Crippen molar-refractivity contribution in [1.82, 2.24) is 30.9 Å². The lowest BCUT2D eigenvalue weighted by Gasteiger charge is -2.25. The number of aromatic nitrogens is 3. The van der Waals surface area contributed by atoms with Gasteiger partial charge in [0.1, 0.15) is 0 Å². The first kappa shape index (κ1) is 37.6. The molecule has 0 saturated heterocycles. The van der Waals surface area contributed by atoms with E-state index in [1.165, 1.54) is 0 Å². The highest BCUT2D eigenvalue weighted by molar-refractivity contribution is 6.35. The molecule has 3 amide bonds. The van der Waals surface area contributed by atoms with E-state index in [0.717, 1.165) is 56.9 Å². The highest BCUT2D eigenvalue weighted by Gasteiger charge is 2.45. The Morgan fingerprint density at radius 2 is 1.47 bits per heavy atom. The van der Waals surface area contributed by atoms with Gasteiger partial charge >= 0.3 is 24.0 Å². The third kappa shape index (κ3) is 11.4. The molecule has 2 aliphatic carbocycles. The molecule has 16 heteroatoms. The predicted octanol–water partition coefficient (Wildman–Crippen LogP) is 6.02. The van der Waals surface area contributed by atoms with E-state index in [0.29, 0.717) is 16.3 Å². The fraction of sp³-hybridized carbons (Fsp3) is 0.486. The fourth-order valence-electron chi connectivity index (χ4n) is 5.67. The SMILES string of the molecule is CC(C)(CNC(=O)C(=O)NC1CCCCCC1)CNC(=O)c1ccc(Nc2nc(NC3(c4ccc(Cl)cc4)CC3)nc(OCC(F)(F)F)n2)cc1. The number of benzene rings is 2. The molecule has 2 saturated carbocycles. The van der Waals surface area contributed by atoms with E-state index >= 15 is 0 Å². The molecule has 2 fully saturated rings. The van der Waals surface area contributed by atoms with Gasteiger partial charge in [-0.15, -0.1) is 0 Å². The van der Waals surface area contributed by atoms with E-state index in [9.17, 15) is 27.6 Å².